The molecular formula is C13H16N6S. The van der Waals surface area contributed by atoms with Gasteiger partial charge in [-0.15, -0.1) is 11.3 Å². The molecule has 104 valence electrons. The summed E-state index contributed by atoms with van der Waals surface area (Å²) < 4.78 is 1.82. The zero-order chi connectivity index (χ0) is 14.3. The second-order valence-corrected chi connectivity index (χ2v) is 5.95. The van der Waals surface area contributed by atoms with Crippen molar-refractivity contribution in [1.29, 1.82) is 0 Å². The number of hydrazine groups is 1. The molecule has 0 atom stereocenters. The standard InChI is InChI=1S/C13H16N6S/c1-7-4-5-19(18-7)6-10-15-12(17-14)11-8(2)9(3)20-13(11)16-10/h4-5H,6,14H2,1-3H3,(H,15,16,17). The van der Waals surface area contributed by atoms with Crippen LogP contribution in [0.25, 0.3) is 10.2 Å². The van der Waals surface area contributed by atoms with Crippen LogP contribution in [0, 0.1) is 20.8 Å². The van der Waals surface area contributed by atoms with Gasteiger partial charge in [0.05, 0.1) is 11.1 Å². The minimum atomic E-state index is 0.536. The minimum absolute atomic E-state index is 0.536. The first-order chi connectivity index (χ1) is 9.58. The summed E-state index contributed by atoms with van der Waals surface area (Å²) in [4.78, 5) is 11.3. The molecule has 3 rings (SSSR count). The lowest BCUT2D eigenvalue weighted by atomic mass is 10.2. The molecule has 0 unspecified atom stereocenters. The summed E-state index contributed by atoms with van der Waals surface area (Å²) in [7, 11) is 0. The van der Waals surface area contributed by atoms with Gasteiger partial charge in [-0.2, -0.15) is 5.10 Å². The van der Waals surface area contributed by atoms with E-state index in [9.17, 15) is 0 Å². The van der Waals surface area contributed by atoms with Gasteiger partial charge in [0, 0.05) is 11.1 Å². The van der Waals surface area contributed by atoms with Gasteiger partial charge in [-0.25, -0.2) is 15.8 Å². The van der Waals surface area contributed by atoms with Crippen LogP contribution in [0.2, 0.25) is 0 Å². The predicted molar refractivity (Wildman–Crippen MR) is 80.8 cm³/mol. The Bertz CT molecular complexity index is 773. The molecule has 0 fully saturated rings. The van der Waals surface area contributed by atoms with Crippen molar-refractivity contribution in [2.24, 2.45) is 5.84 Å². The Morgan fingerprint density at radius 2 is 2.10 bits per heavy atom. The monoisotopic (exact) mass is 288 g/mol. The Hall–Kier alpha value is -1.99. The van der Waals surface area contributed by atoms with E-state index in [1.54, 1.807) is 11.3 Å². The number of aromatic nitrogens is 4. The Morgan fingerprint density at radius 1 is 1.30 bits per heavy atom. The van der Waals surface area contributed by atoms with E-state index >= 15 is 0 Å². The van der Waals surface area contributed by atoms with Crippen molar-refractivity contribution in [1.82, 2.24) is 19.7 Å². The highest BCUT2D eigenvalue weighted by Crippen LogP contribution is 2.32. The van der Waals surface area contributed by atoms with Crippen molar-refractivity contribution in [2.45, 2.75) is 27.3 Å². The number of hydrogen-bond acceptors (Lipinski definition) is 6. The molecule has 0 saturated heterocycles. The maximum Gasteiger partial charge on any atom is 0.153 e. The van der Waals surface area contributed by atoms with Crippen LogP contribution < -0.4 is 11.3 Å². The summed E-state index contributed by atoms with van der Waals surface area (Å²) in [5, 5.41) is 5.36. The van der Waals surface area contributed by atoms with Crippen LogP contribution in [0.5, 0.6) is 0 Å². The summed E-state index contributed by atoms with van der Waals surface area (Å²) in [5.74, 6) is 6.98. The van der Waals surface area contributed by atoms with Crippen molar-refractivity contribution >= 4 is 27.4 Å². The molecule has 3 aromatic heterocycles. The molecule has 0 spiro atoms. The van der Waals surface area contributed by atoms with Gasteiger partial charge in [-0.3, -0.25) is 4.68 Å². The molecule has 0 aliphatic heterocycles. The molecule has 3 heterocycles. The van der Waals surface area contributed by atoms with E-state index in [-0.39, 0.29) is 0 Å². The molecule has 6 nitrogen and oxygen atoms in total. The van der Waals surface area contributed by atoms with Gasteiger partial charge >= 0.3 is 0 Å². The topological polar surface area (TPSA) is 81.7 Å². The largest absolute Gasteiger partial charge is 0.308 e. The lowest BCUT2D eigenvalue weighted by molar-refractivity contribution is 0.653. The predicted octanol–water partition coefficient (Wildman–Crippen LogP) is 2.15. The second-order valence-electron chi connectivity index (χ2n) is 4.75. The molecular weight excluding hydrogens is 272 g/mol. The second kappa shape index (κ2) is 4.84. The van der Waals surface area contributed by atoms with Crippen LogP contribution in [0.4, 0.5) is 5.82 Å². The third kappa shape index (κ3) is 2.14. The summed E-state index contributed by atoms with van der Waals surface area (Å²) in [5.41, 5.74) is 4.84. The van der Waals surface area contributed by atoms with Gasteiger partial charge in [0.15, 0.2) is 11.6 Å². The summed E-state index contributed by atoms with van der Waals surface area (Å²) in [6.07, 6.45) is 1.92. The fraction of sp³-hybridized carbons (Fsp3) is 0.308. The van der Waals surface area contributed by atoms with E-state index in [0.717, 1.165) is 15.9 Å². The molecule has 0 aromatic carbocycles. The van der Waals surface area contributed by atoms with Crippen LogP contribution in [0.15, 0.2) is 12.3 Å². The van der Waals surface area contributed by atoms with Crippen molar-refractivity contribution in [3.63, 3.8) is 0 Å². The maximum absolute atomic E-state index is 5.60. The highest BCUT2D eigenvalue weighted by molar-refractivity contribution is 7.18. The number of nitrogens with one attached hydrogen (secondary N) is 1. The van der Waals surface area contributed by atoms with Gasteiger partial charge in [0.1, 0.15) is 11.4 Å². The molecule has 0 aliphatic rings. The van der Waals surface area contributed by atoms with Crippen LogP contribution >= 0.6 is 11.3 Å². The van der Waals surface area contributed by atoms with Gasteiger partial charge in [-0.1, -0.05) is 0 Å². The number of nitrogens with zero attached hydrogens (tertiary/aromatic N) is 4. The van der Waals surface area contributed by atoms with Gasteiger partial charge < -0.3 is 5.43 Å². The van der Waals surface area contributed by atoms with Crippen molar-refractivity contribution < 1.29 is 0 Å². The number of hydrogen-bond donors (Lipinski definition) is 2. The molecule has 0 saturated carbocycles. The third-order valence-corrected chi connectivity index (χ3v) is 4.39. The average molecular weight is 288 g/mol. The molecule has 3 N–H and O–H groups in total. The third-order valence-electron chi connectivity index (χ3n) is 3.29. The summed E-state index contributed by atoms with van der Waals surface area (Å²) in [6, 6.07) is 1.96. The Labute approximate surface area is 120 Å². The molecule has 7 heteroatoms. The number of aryl methyl sites for hydroxylation is 3. The molecule has 20 heavy (non-hydrogen) atoms. The highest BCUT2D eigenvalue weighted by Gasteiger charge is 2.14. The first kappa shape index (κ1) is 13.0. The maximum atomic E-state index is 5.60. The first-order valence-corrected chi connectivity index (χ1v) is 7.13. The van der Waals surface area contributed by atoms with E-state index in [1.165, 1.54) is 10.4 Å². The quantitative estimate of drug-likeness (QED) is 0.570. The number of nitrogen functional groups attached to an aromatic ring is 1. The summed E-state index contributed by atoms with van der Waals surface area (Å²) in [6.45, 7) is 6.64. The number of rotatable bonds is 3. The lowest BCUT2D eigenvalue weighted by Gasteiger charge is -2.06. The van der Waals surface area contributed by atoms with Crippen LogP contribution in [-0.2, 0) is 6.54 Å². The van der Waals surface area contributed by atoms with E-state index < -0.39 is 0 Å². The number of thiophene rings is 1. The van der Waals surface area contributed by atoms with Gasteiger partial charge in [-0.05, 0) is 32.4 Å². The molecule has 0 aliphatic carbocycles. The number of anilines is 1. The van der Waals surface area contributed by atoms with Crippen molar-refractivity contribution in [3.8, 4) is 0 Å². The van der Waals surface area contributed by atoms with Gasteiger partial charge in [0.2, 0.25) is 0 Å². The van der Waals surface area contributed by atoms with Crippen LogP contribution in [0.3, 0.4) is 0 Å². The Morgan fingerprint density at radius 3 is 2.75 bits per heavy atom. The van der Waals surface area contributed by atoms with Crippen LogP contribution in [0.1, 0.15) is 22.0 Å². The fourth-order valence-corrected chi connectivity index (χ4v) is 3.21. The molecule has 0 amide bonds. The molecule has 3 aromatic rings. The zero-order valence-corrected chi connectivity index (χ0v) is 12.5. The van der Waals surface area contributed by atoms with E-state index in [1.807, 2.05) is 23.9 Å². The van der Waals surface area contributed by atoms with Gasteiger partial charge in [0.25, 0.3) is 0 Å². The lowest BCUT2D eigenvalue weighted by Crippen LogP contribution is -2.12. The number of nitrogens with two attached hydrogens (primary N) is 1. The normalized spacial score (nSPS) is 11.2. The molecule has 0 bridgehead atoms. The zero-order valence-electron chi connectivity index (χ0n) is 11.6. The minimum Gasteiger partial charge on any atom is -0.308 e. The first-order valence-electron chi connectivity index (χ1n) is 6.31. The van der Waals surface area contributed by atoms with Crippen LogP contribution in [-0.4, -0.2) is 19.7 Å². The van der Waals surface area contributed by atoms with E-state index in [0.29, 0.717) is 18.2 Å². The van der Waals surface area contributed by atoms with E-state index in [2.05, 4.69) is 34.3 Å². The highest BCUT2D eigenvalue weighted by atomic mass is 32.1. The average Bonchev–Trinajstić information content (AvgIpc) is 2.94. The molecule has 0 radical (unpaired) electrons. The number of fused-ring (bicyclic) bond motifs is 1. The van der Waals surface area contributed by atoms with E-state index in [4.69, 9.17) is 5.84 Å². The summed E-state index contributed by atoms with van der Waals surface area (Å²) >= 11 is 1.66. The Kier molecular flexibility index (Phi) is 3.15. The van der Waals surface area contributed by atoms with Crippen molar-refractivity contribution in [2.75, 3.05) is 5.43 Å². The van der Waals surface area contributed by atoms with Crippen molar-refractivity contribution in [3.05, 3.63) is 34.2 Å². The Balaban J connectivity index is 2.08. The fourth-order valence-electron chi connectivity index (χ4n) is 2.17. The SMILES string of the molecule is Cc1ccn(Cc2nc(NN)c3c(C)c(C)sc3n2)n1. The smallest absolute Gasteiger partial charge is 0.153 e.